The highest BCUT2D eigenvalue weighted by Gasteiger charge is 2.06. The van der Waals surface area contributed by atoms with E-state index in [-0.39, 0.29) is 24.2 Å². The molecule has 0 spiro atoms. The van der Waals surface area contributed by atoms with Crippen LogP contribution >= 0.6 is 0 Å². The van der Waals surface area contributed by atoms with Crippen LogP contribution in [-0.4, -0.2) is 18.5 Å². The summed E-state index contributed by atoms with van der Waals surface area (Å²) in [5, 5.41) is 8.26. The second-order valence-corrected chi connectivity index (χ2v) is 6.48. The fraction of sp³-hybridized carbons (Fsp3) is 0.130. The largest absolute Gasteiger partial charge is 0.494 e. The van der Waals surface area contributed by atoms with Crippen LogP contribution in [0.5, 0.6) is 5.75 Å². The Hall–Kier alpha value is -3.87. The monoisotopic (exact) mass is 407 g/mol. The number of urea groups is 1. The normalized spacial score (nSPS) is 10.2. The SMILES string of the molecule is O=C(CCCOc1ccc(F)cc1)Nc1cccc(NC(=O)Nc2ccccc2)c1. The molecule has 0 aliphatic heterocycles. The number of para-hydroxylation sites is 1. The number of nitrogens with one attached hydrogen (secondary N) is 3. The van der Waals surface area contributed by atoms with Crippen LogP contribution in [0, 0.1) is 5.82 Å². The van der Waals surface area contributed by atoms with E-state index in [1.54, 1.807) is 48.5 Å². The molecule has 154 valence electrons. The van der Waals surface area contributed by atoms with Crippen LogP contribution in [0.15, 0.2) is 78.9 Å². The van der Waals surface area contributed by atoms with Gasteiger partial charge < -0.3 is 20.7 Å². The standard InChI is InChI=1S/C23H22FN3O3/c24-17-11-13-21(14-12-17)30-15-5-10-22(28)25-19-8-4-9-20(16-19)27-23(29)26-18-6-2-1-3-7-18/h1-4,6-9,11-14,16H,5,10,15H2,(H,25,28)(H2,26,27,29). The smallest absolute Gasteiger partial charge is 0.323 e. The van der Waals surface area contributed by atoms with Gasteiger partial charge in [-0.15, -0.1) is 0 Å². The highest BCUT2D eigenvalue weighted by molar-refractivity contribution is 6.00. The summed E-state index contributed by atoms with van der Waals surface area (Å²) in [5.74, 6) is 0.0731. The molecule has 7 heteroatoms. The van der Waals surface area contributed by atoms with E-state index >= 15 is 0 Å². The van der Waals surface area contributed by atoms with Crippen LogP contribution in [0.1, 0.15) is 12.8 Å². The number of amides is 3. The quantitative estimate of drug-likeness (QED) is 0.445. The van der Waals surface area contributed by atoms with Gasteiger partial charge in [0.15, 0.2) is 0 Å². The Morgan fingerprint density at radius 2 is 1.40 bits per heavy atom. The van der Waals surface area contributed by atoms with Gasteiger partial charge in [0.25, 0.3) is 0 Å². The molecule has 0 radical (unpaired) electrons. The van der Waals surface area contributed by atoms with E-state index in [1.165, 1.54) is 12.1 Å². The average Bonchev–Trinajstić information content (AvgIpc) is 2.73. The van der Waals surface area contributed by atoms with Gasteiger partial charge in [0, 0.05) is 23.5 Å². The minimum atomic E-state index is -0.373. The maximum absolute atomic E-state index is 12.8. The number of benzene rings is 3. The van der Waals surface area contributed by atoms with Crippen LogP contribution in [0.3, 0.4) is 0 Å². The summed E-state index contributed by atoms with van der Waals surface area (Å²) in [6, 6.07) is 21.4. The van der Waals surface area contributed by atoms with Gasteiger partial charge in [0.1, 0.15) is 11.6 Å². The summed E-state index contributed by atoms with van der Waals surface area (Å²) in [7, 11) is 0. The predicted molar refractivity (Wildman–Crippen MR) is 115 cm³/mol. The van der Waals surface area contributed by atoms with Crippen LogP contribution in [0.25, 0.3) is 0 Å². The first-order valence-corrected chi connectivity index (χ1v) is 9.50. The van der Waals surface area contributed by atoms with Crippen molar-refractivity contribution in [3.63, 3.8) is 0 Å². The van der Waals surface area contributed by atoms with E-state index in [1.807, 2.05) is 18.2 Å². The molecule has 0 fully saturated rings. The third kappa shape index (κ3) is 6.94. The summed E-state index contributed by atoms with van der Waals surface area (Å²) in [6.45, 7) is 0.348. The lowest BCUT2D eigenvalue weighted by Crippen LogP contribution is -2.19. The number of carbonyl (C=O) groups is 2. The number of hydrogen-bond acceptors (Lipinski definition) is 3. The Bertz CT molecular complexity index is 978. The molecule has 3 rings (SSSR count). The first-order valence-electron chi connectivity index (χ1n) is 9.50. The van der Waals surface area contributed by atoms with Crippen molar-refractivity contribution in [2.45, 2.75) is 12.8 Å². The van der Waals surface area contributed by atoms with E-state index < -0.39 is 0 Å². The van der Waals surface area contributed by atoms with Crippen LogP contribution in [0.4, 0.5) is 26.2 Å². The lowest BCUT2D eigenvalue weighted by molar-refractivity contribution is -0.116. The molecule has 0 heterocycles. The predicted octanol–water partition coefficient (Wildman–Crippen LogP) is 5.27. The van der Waals surface area contributed by atoms with Crippen molar-refractivity contribution in [1.82, 2.24) is 0 Å². The Balaban J connectivity index is 1.42. The molecule has 0 saturated carbocycles. The Morgan fingerprint density at radius 1 is 0.767 bits per heavy atom. The summed E-state index contributed by atoms with van der Waals surface area (Å²) in [4.78, 5) is 24.2. The van der Waals surface area contributed by atoms with Gasteiger partial charge in [0.05, 0.1) is 6.61 Å². The molecule has 0 atom stereocenters. The van der Waals surface area contributed by atoms with E-state index in [0.717, 1.165) is 0 Å². The highest BCUT2D eigenvalue weighted by Crippen LogP contribution is 2.16. The van der Waals surface area contributed by atoms with Crippen LogP contribution in [0.2, 0.25) is 0 Å². The third-order valence-electron chi connectivity index (χ3n) is 4.07. The molecular formula is C23H22FN3O3. The molecule has 0 aromatic heterocycles. The topological polar surface area (TPSA) is 79.5 Å². The first-order chi connectivity index (χ1) is 14.6. The zero-order valence-corrected chi connectivity index (χ0v) is 16.2. The maximum atomic E-state index is 12.8. The van der Waals surface area contributed by atoms with Crippen molar-refractivity contribution in [1.29, 1.82) is 0 Å². The summed E-state index contributed by atoms with van der Waals surface area (Å²) in [6.07, 6.45) is 0.786. The van der Waals surface area contributed by atoms with Crippen LogP contribution in [-0.2, 0) is 4.79 Å². The van der Waals surface area contributed by atoms with Gasteiger partial charge in [0.2, 0.25) is 5.91 Å². The van der Waals surface area contributed by atoms with Gasteiger partial charge in [-0.05, 0) is 61.0 Å². The molecular weight excluding hydrogens is 385 g/mol. The third-order valence-corrected chi connectivity index (χ3v) is 4.07. The molecule has 0 unspecified atom stereocenters. The minimum absolute atomic E-state index is 0.163. The summed E-state index contributed by atoms with van der Waals surface area (Å²) >= 11 is 0. The van der Waals surface area contributed by atoms with Gasteiger partial charge in [-0.25, -0.2) is 9.18 Å². The Morgan fingerprint density at radius 3 is 2.13 bits per heavy atom. The number of ether oxygens (including phenoxy) is 1. The zero-order valence-electron chi connectivity index (χ0n) is 16.2. The molecule has 0 saturated heterocycles. The molecule has 6 nitrogen and oxygen atoms in total. The molecule has 3 amide bonds. The fourth-order valence-electron chi connectivity index (χ4n) is 2.67. The molecule has 3 aromatic carbocycles. The lowest BCUT2D eigenvalue weighted by Gasteiger charge is -2.10. The van der Waals surface area contributed by atoms with Gasteiger partial charge in [-0.3, -0.25) is 4.79 Å². The minimum Gasteiger partial charge on any atom is -0.494 e. The maximum Gasteiger partial charge on any atom is 0.323 e. The molecule has 0 aliphatic rings. The van der Waals surface area contributed by atoms with Gasteiger partial charge >= 0.3 is 6.03 Å². The zero-order chi connectivity index (χ0) is 21.2. The molecule has 3 N–H and O–H groups in total. The van der Waals surface area contributed by atoms with Crippen molar-refractivity contribution < 1.29 is 18.7 Å². The summed E-state index contributed by atoms with van der Waals surface area (Å²) < 4.78 is 18.3. The number of hydrogen-bond donors (Lipinski definition) is 3. The van der Waals surface area contributed by atoms with E-state index in [9.17, 15) is 14.0 Å². The Kier molecular flexibility index (Phi) is 7.38. The van der Waals surface area contributed by atoms with Crippen molar-refractivity contribution >= 4 is 29.0 Å². The molecule has 0 aliphatic carbocycles. The van der Waals surface area contributed by atoms with Gasteiger partial charge in [-0.2, -0.15) is 0 Å². The average molecular weight is 407 g/mol. The first kappa shape index (κ1) is 20.9. The van der Waals surface area contributed by atoms with Crippen molar-refractivity contribution in [2.24, 2.45) is 0 Å². The van der Waals surface area contributed by atoms with Crippen LogP contribution < -0.4 is 20.7 Å². The highest BCUT2D eigenvalue weighted by atomic mass is 19.1. The number of rotatable bonds is 8. The molecule has 3 aromatic rings. The van der Waals surface area contributed by atoms with E-state index in [4.69, 9.17) is 4.74 Å². The number of anilines is 3. The van der Waals surface area contributed by atoms with Crippen molar-refractivity contribution in [3.8, 4) is 5.75 Å². The Labute approximate surface area is 174 Å². The van der Waals surface area contributed by atoms with Crippen molar-refractivity contribution in [3.05, 3.63) is 84.7 Å². The fourth-order valence-corrected chi connectivity index (χ4v) is 2.67. The van der Waals surface area contributed by atoms with E-state index in [0.29, 0.717) is 35.8 Å². The molecule has 30 heavy (non-hydrogen) atoms. The second-order valence-electron chi connectivity index (χ2n) is 6.48. The summed E-state index contributed by atoms with van der Waals surface area (Å²) in [5.41, 5.74) is 1.82. The number of halogens is 1. The molecule has 0 bridgehead atoms. The lowest BCUT2D eigenvalue weighted by atomic mass is 10.2. The number of carbonyl (C=O) groups excluding carboxylic acids is 2. The second kappa shape index (κ2) is 10.6. The van der Waals surface area contributed by atoms with E-state index in [2.05, 4.69) is 16.0 Å². The van der Waals surface area contributed by atoms with Crippen molar-refractivity contribution in [2.75, 3.05) is 22.6 Å². The van der Waals surface area contributed by atoms with Gasteiger partial charge in [-0.1, -0.05) is 24.3 Å².